The Kier molecular flexibility index (Phi) is 6.08. The van der Waals surface area contributed by atoms with Gasteiger partial charge in [-0.3, -0.25) is 0 Å². The van der Waals surface area contributed by atoms with Crippen molar-refractivity contribution in [2.45, 2.75) is 38.1 Å². The van der Waals surface area contributed by atoms with E-state index in [4.69, 9.17) is 11.6 Å². The van der Waals surface area contributed by atoms with E-state index in [1.54, 1.807) is 27.8 Å². The van der Waals surface area contributed by atoms with Gasteiger partial charge in [0.1, 0.15) is 6.07 Å². The van der Waals surface area contributed by atoms with Gasteiger partial charge in [-0.15, -0.1) is 0 Å². The van der Waals surface area contributed by atoms with Gasteiger partial charge in [-0.2, -0.15) is 22.3 Å². The molecule has 142 valence electrons. The van der Waals surface area contributed by atoms with Gasteiger partial charge in [0.05, 0.1) is 11.3 Å². The van der Waals surface area contributed by atoms with Crippen LogP contribution in [-0.2, 0) is 10.2 Å². The van der Waals surface area contributed by atoms with Crippen LogP contribution in [0.3, 0.4) is 0 Å². The normalized spacial score (nSPS) is 20.3. The van der Waals surface area contributed by atoms with Gasteiger partial charge in [-0.25, -0.2) is 0 Å². The van der Waals surface area contributed by atoms with E-state index in [1.165, 1.54) is 6.42 Å². The van der Waals surface area contributed by atoms with E-state index in [0.29, 0.717) is 36.8 Å². The number of nitriles is 1. The number of halogens is 1. The quantitative estimate of drug-likeness (QED) is 0.784. The standard InChI is InChI=1S/C18H25ClN4O2S/c1-21(17-5-3-2-4-6-17)26(24,25)23-11-9-22(10-12-23)18-8-7-16(19)13-15(18)14-20/h7-8,13,17H,2-6,9-12H2,1H3. The lowest BCUT2D eigenvalue weighted by Gasteiger charge is -2.39. The summed E-state index contributed by atoms with van der Waals surface area (Å²) in [6, 6.07) is 7.53. The van der Waals surface area contributed by atoms with Crippen molar-refractivity contribution in [1.29, 1.82) is 5.26 Å². The molecule has 6 nitrogen and oxygen atoms in total. The first-order valence-electron chi connectivity index (χ1n) is 9.11. The summed E-state index contributed by atoms with van der Waals surface area (Å²) in [5, 5.41) is 9.85. The van der Waals surface area contributed by atoms with Gasteiger partial charge in [0.2, 0.25) is 0 Å². The SMILES string of the molecule is CN(C1CCCCC1)S(=O)(=O)N1CCN(c2ccc(Cl)cc2C#N)CC1. The maximum atomic E-state index is 13.0. The third kappa shape index (κ3) is 3.99. The Balaban J connectivity index is 1.67. The topological polar surface area (TPSA) is 67.7 Å². The van der Waals surface area contributed by atoms with Crippen molar-refractivity contribution < 1.29 is 8.42 Å². The van der Waals surface area contributed by atoms with E-state index in [2.05, 4.69) is 11.0 Å². The molecule has 2 fully saturated rings. The van der Waals surface area contributed by atoms with E-state index in [1.807, 2.05) is 6.07 Å². The molecule has 0 atom stereocenters. The predicted octanol–water partition coefficient (Wildman–Crippen LogP) is 2.84. The summed E-state index contributed by atoms with van der Waals surface area (Å²) in [5.74, 6) is 0. The van der Waals surface area contributed by atoms with Crippen LogP contribution in [0.1, 0.15) is 37.7 Å². The lowest BCUT2D eigenvalue weighted by Crippen LogP contribution is -2.54. The van der Waals surface area contributed by atoms with E-state index in [0.717, 1.165) is 31.4 Å². The fraction of sp³-hybridized carbons (Fsp3) is 0.611. The predicted molar refractivity (Wildman–Crippen MR) is 104 cm³/mol. The second-order valence-corrected chi connectivity index (χ2v) is 9.40. The number of hydrogen-bond donors (Lipinski definition) is 0. The van der Waals surface area contributed by atoms with Crippen LogP contribution in [0.25, 0.3) is 0 Å². The van der Waals surface area contributed by atoms with Crippen LogP contribution in [0.4, 0.5) is 5.69 Å². The fourth-order valence-electron chi connectivity index (χ4n) is 3.85. The molecule has 2 aliphatic rings. The van der Waals surface area contributed by atoms with Gasteiger partial charge in [-0.05, 0) is 31.0 Å². The Bertz CT molecular complexity index is 779. The minimum Gasteiger partial charge on any atom is -0.368 e. The van der Waals surface area contributed by atoms with Gasteiger partial charge in [0, 0.05) is 44.3 Å². The van der Waals surface area contributed by atoms with Crippen LogP contribution in [-0.4, -0.2) is 56.3 Å². The van der Waals surface area contributed by atoms with Crippen molar-refractivity contribution in [3.63, 3.8) is 0 Å². The lowest BCUT2D eigenvalue weighted by atomic mass is 9.96. The number of benzene rings is 1. The molecule has 26 heavy (non-hydrogen) atoms. The highest BCUT2D eigenvalue weighted by Gasteiger charge is 2.34. The van der Waals surface area contributed by atoms with Crippen LogP contribution >= 0.6 is 11.6 Å². The minimum absolute atomic E-state index is 0.119. The summed E-state index contributed by atoms with van der Waals surface area (Å²) >= 11 is 5.96. The molecular weight excluding hydrogens is 372 g/mol. The molecule has 0 N–H and O–H groups in total. The number of piperazine rings is 1. The average molecular weight is 397 g/mol. The van der Waals surface area contributed by atoms with Gasteiger partial charge in [0.15, 0.2) is 0 Å². The van der Waals surface area contributed by atoms with Gasteiger partial charge in [-0.1, -0.05) is 30.9 Å². The molecule has 0 unspecified atom stereocenters. The first-order chi connectivity index (χ1) is 12.4. The smallest absolute Gasteiger partial charge is 0.282 e. The summed E-state index contributed by atoms with van der Waals surface area (Å²) in [6.07, 6.45) is 5.31. The largest absolute Gasteiger partial charge is 0.368 e. The van der Waals surface area contributed by atoms with Gasteiger partial charge in [0.25, 0.3) is 10.2 Å². The Morgan fingerprint density at radius 1 is 1.15 bits per heavy atom. The van der Waals surface area contributed by atoms with Crippen molar-refractivity contribution in [2.75, 3.05) is 38.1 Å². The van der Waals surface area contributed by atoms with Crippen LogP contribution in [0.2, 0.25) is 5.02 Å². The monoisotopic (exact) mass is 396 g/mol. The zero-order chi connectivity index (χ0) is 18.7. The van der Waals surface area contributed by atoms with E-state index < -0.39 is 10.2 Å². The molecule has 8 heteroatoms. The molecule has 0 spiro atoms. The highest BCUT2D eigenvalue weighted by atomic mass is 35.5. The van der Waals surface area contributed by atoms with Crippen molar-refractivity contribution >= 4 is 27.5 Å². The molecule has 0 aromatic heterocycles. The fourth-order valence-corrected chi connectivity index (χ4v) is 5.60. The van der Waals surface area contributed by atoms with Gasteiger partial charge < -0.3 is 4.90 Å². The van der Waals surface area contributed by atoms with Crippen molar-refractivity contribution in [3.8, 4) is 6.07 Å². The molecule has 1 aliphatic carbocycles. The Hall–Kier alpha value is -1.33. The third-order valence-electron chi connectivity index (χ3n) is 5.44. The summed E-state index contributed by atoms with van der Waals surface area (Å²) in [6.45, 7) is 1.97. The van der Waals surface area contributed by atoms with Crippen LogP contribution in [0, 0.1) is 11.3 Å². The molecule has 1 saturated heterocycles. The second-order valence-electron chi connectivity index (χ2n) is 6.98. The number of rotatable bonds is 4. The molecular formula is C18H25ClN4O2S. The lowest BCUT2D eigenvalue weighted by molar-refractivity contribution is 0.259. The van der Waals surface area contributed by atoms with Crippen molar-refractivity contribution in [1.82, 2.24) is 8.61 Å². The molecule has 1 heterocycles. The molecule has 1 saturated carbocycles. The van der Waals surface area contributed by atoms with Crippen LogP contribution in [0.15, 0.2) is 18.2 Å². The molecule has 1 aromatic rings. The summed E-state index contributed by atoms with van der Waals surface area (Å²) in [7, 11) is -1.72. The molecule has 3 rings (SSSR count). The van der Waals surface area contributed by atoms with E-state index >= 15 is 0 Å². The summed E-state index contributed by atoms with van der Waals surface area (Å²) in [4.78, 5) is 2.06. The first kappa shape index (κ1) is 19.4. The molecule has 0 radical (unpaired) electrons. The molecule has 0 amide bonds. The minimum atomic E-state index is -3.44. The van der Waals surface area contributed by atoms with Crippen LogP contribution < -0.4 is 4.90 Å². The van der Waals surface area contributed by atoms with E-state index in [9.17, 15) is 13.7 Å². The zero-order valence-corrected chi connectivity index (χ0v) is 16.6. The number of anilines is 1. The Morgan fingerprint density at radius 2 is 1.81 bits per heavy atom. The Morgan fingerprint density at radius 3 is 2.42 bits per heavy atom. The van der Waals surface area contributed by atoms with Crippen molar-refractivity contribution in [3.05, 3.63) is 28.8 Å². The van der Waals surface area contributed by atoms with Crippen LogP contribution in [0.5, 0.6) is 0 Å². The number of nitrogens with zero attached hydrogens (tertiary/aromatic N) is 4. The molecule has 1 aliphatic heterocycles. The van der Waals surface area contributed by atoms with Crippen molar-refractivity contribution in [2.24, 2.45) is 0 Å². The Labute approximate surface area is 161 Å². The maximum absolute atomic E-state index is 13.0. The van der Waals surface area contributed by atoms with Gasteiger partial charge >= 0.3 is 0 Å². The second kappa shape index (κ2) is 8.13. The first-order valence-corrected chi connectivity index (χ1v) is 10.9. The highest BCUT2D eigenvalue weighted by Crippen LogP contribution is 2.27. The molecule has 0 bridgehead atoms. The third-order valence-corrected chi connectivity index (χ3v) is 7.72. The maximum Gasteiger partial charge on any atom is 0.282 e. The summed E-state index contributed by atoms with van der Waals surface area (Å²) in [5.41, 5.74) is 1.34. The summed E-state index contributed by atoms with van der Waals surface area (Å²) < 4.78 is 29.1. The van der Waals surface area contributed by atoms with E-state index in [-0.39, 0.29) is 6.04 Å². The number of hydrogen-bond acceptors (Lipinski definition) is 4. The highest BCUT2D eigenvalue weighted by molar-refractivity contribution is 7.86. The zero-order valence-electron chi connectivity index (χ0n) is 15.1. The molecule has 1 aromatic carbocycles. The average Bonchev–Trinajstić information content (AvgIpc) is 2.68.